The maximum atomic E-state index is 9.73. The average molecular weight is 255 g/mol. The zero-order chi connectivity index (χ0) is 13.8. The summed E-state index contributed by atoms with van der Waals surface area (Å²) in [5.41, 5.74) is 4.84. The van der Waals surface area contributed by atoms with E-state index in [2.05, 4.69) is 44.3 Å². The fourth-order valence-electron chi connectivity index (χ4n) is 2.08. The number of hydrogen-bond acceptors (Lipinski definition) is 2. The number of phenolic OH excluding ortho intramolecular Hbond substituents is 1. The largest absolute Gasteiger partial charge is 0.508 e. The average Bonchev–Trinajstić information content (AvgIpc) is 2.40. The van der Waals surface area contributed by atoms with Crippen LogP contribution in [0.4, 0.5) is 0 Å². The SMILES string of the molecule is Cc1ccc(C(C)NCc2ccccc2O)cc1C. The van der Waals surface area contributed by atoms with E-state index < -0.39 is 0 Å². The maximum Gasteiger partial charge on any atom is 0.120 e. The van der Waals surface area contributed by atoms with E-state index in [0.717, 1.165) is 5.56 Å². The second-order valence-corrected chi connectivity index (χ2v) is 5.07. The van der Waals surface area contributed by atoms with Crippen molar-refractivity contribution in [3.63, 3.8) is 0 Å². The second kappa shape index (κ2) is 5.89. The molecule has 1 atom stereocenters. The van der Waals surface area contributed by atoms with Crippen LogP contribution in [-0.2, 0) is 6.54 Å². The number of phenols is 1. The number of hydrogen-bond donors (Lipinski definition) is 2. The van der Waals surface area contributed by atoms with E-state index in [1.165, 1.54) is 16.7 Å². The zero-order valence-electron chi connectivity index (χ0n) is 11.8. The van der Waals surface area contributed by atoms with Crippen LogP contribution in [0.2, 0.25) is 0 Å². The lowest BCUT2D eigenvalue weighted by molar-refractivity contribution is 0.460. The van der Waals surface area contributed by atoms with Crippen LogP contribution in [0, 0.1) is 13.8 Å². The molecule has 100 valence electrons. The van der Waals surface area contributed by atoms with Crippen molar-refractivity contribution in [2.75, 3.05) is 0 Å². The van der Waals surface area contributed by atoms with Crippen LogP contribution >= 0.6 is 0 Å². The molecule has 0 saturated heterocycles. The highest BCUT2D eigenvalue weighted by molar-refractivity contribution is 5.33. The van der Waals surface area contributed by atoms with Gasteiger partial charge >= 0.3 is 0 Å². The van der Waals surface area contributed by atoms with Gasteiger partial charge < -0.3 is 10.4 Å². The molecule has 0 aliphatic rings. The minimum absolute atomic E-state index is 0.263. The third-order valence-electron chi connectivity index (χ3n) is 3.62. The van der Waals surface area contributed by atoms with Crippen molar-refractivity contribution < 1.29 is 5.11 Å². The molecule has 0 fully saturated rings. The van der Waals surface area contributed by atoms with Gasteiger partial charge in [-0.05, 0) is 43.5 Å². The number of aromatic hydroxyl groups is 1. The van der Waals surface area contributed by atoms with Gasteiger partial charge in [0.1, 0.15) is 5.75 Å². The fourth-order valence-corrected chi connectivity index (χ4v) is 2.08. The predicted molar refractivity (Wildman–Crippen MR) is 79.3 cm³/mol. The first-order valence-corrected chi connectivity index (χ1v) is 6.65. The van der Waals surface area contributed by atoms with Crippen molar-refractivity contribution >= 4 is 0 Å². The Labute approximate surface area is 115 Å². The van der Waals surface area contributed by atoms with Crippen molar-refractivity contribution in [2.45, 2.75) is 33.4 Å². The first-order valence-electron chi connectivity index (χ1n) is 6.65. The van der Waals surface area contributed by atoms with Crippen LogP contribution in [-0.4, -0.2) is 5.11 Å². The molecule has 2 aromatic carbocycles. The first kappa shape index (κ1) is 13.6. The van der Waals surface area contributed by atoms with Gasteiger partial charge in [-0.2, -0.15) is 0 Å². The molecule has 2 heteroatoms. The molecule has 19 heavy (non-hydrogen) atoms. The summed E-state index contributed by atoms with van der Waals surface area (Å²) in [5.74, 6) is 0.349. The molecule has 2 nitrogen and oxygen atoms in total. The van der Waals surface area contributed by atoms with Crippen LogP contribution in [0.15, 0.2) is 42.5 Å². The van der Waals surface area contributed by atoms with Crippen LogP contribution in [0.25, 0.3) is 0 Å². The molecular formula is C17H21NO. The Morgan fingerprint density at radius 1 is 1.05 bits per heavy atom. The third kappa shape index (κ3) is 3.36. The Morgan fingerprint density at radius 2 is 1.79 bits per heavy atom. The summed E-state index contributed by atoms with van der Waals surface area (Å²) in [6, 6.07) is 14.2. The fraction of sp³-hybridized carbons (Fsp3) is 0.294. The monoisotopic (exact) mass is 255 g/mol. The molecule has 0 aliphatic carbocycles. The summed E-state index contributed by atoms with van der Waals surface area (Å²) in [7, 11) is 0. The molecular weight excluding hydrogens is 234 g/mol. The molecule has 2 N–H and O–H groups in total. The second-order valence-electron chi connectivity index (χ2n) is 5.07. The van der Waals surface area contributed by atoms with Gasteiger partial charge in [-0.25, -0.2) is 0 Å². The van der Waals surface area contributed by atoms with E-state index in [9.17, 15) is 5.11 Å². The van der Waals surface area contributed by atoms with Crippen LogP contribution in [0.1, 0.15) is 35.2 Å². The Morgan fingerprint density at radius 3 is 2.47 bits per heavy atom. The van der Waals surface area contributed by atoms with Gasteiger partial charge in [0.05, 0.1) is 0 Å². The summed E-state index contributed by atoms with van der Waals surface area (Å²) in [4.78, 5) is 0. The molecule has 2 aromatic rings. The van der Waals surface area contributed by atoms with E-state index in [-0.39, 0.29) is 6.04 Å². The minimum Gasteiger partial charge on any atom is -0.508 e. The van der Waals surface area contributed by atoms with Gasteiger partial charge in [-0.1, -0.05) is 36.4 Å². The normalized spacial score (nSPS) is 12.4. The number of aryl methyl sites for hydroxylation is 2. The van der Waals surface area contributed by atoms with E-state index >= 15 is 0 Å². The third-order valence-corrected chi connectivity index (χ3v) is 3.62. The van der Waals surface area contributed by atoms with Gasteiger partial charge in [0, 0.05) is 18.2 Å². The standard InChI is InChI=1S/C17H21NO/c1-12-8-9-15(10-13(12)2)14(3)18-11-16-6-4-5-7-17(16)19/h4-10,14,18-19H,11H2,1-3H3. The van der Waals surface area contributed by atoms with Crippen LogP contribution in [0.5, 0.6) is 5.75 Å². The van der Waals surface area contributed by atoms with Gasteiger partial charge in [-0.3, -0.25) is 0 Å². The van der Waals surface area contributed by atoms with Crippen LogP contribution < -0.4 is 5.32 Å². The lowest BCUT2D eigenvalue weighted by atomic mass is 10.0. The summed E-state index contributed by atoms with van der Waals surface area (Å²) in [5, 5.41) is 13.2. The highest BCUT2D eigenvalue weighted by Crippen LogP contribution is 2.19. The van der Waals surface area contributed by atoms with E-state index in [1.54, 1.807) is 6.07 Å². The molecule has 0 saturated carbocycles. The smallest absolute Gasteiger partial charge is 0.120 e. The van der Waals surface area contributed by atoms with Gasteiger partial charge in [-0.15, -0.1) is 0 Å². The minimum atomic E-state index is 0.263. The van der Waals surface area contributed by atoms with Gasteiger partial charge in [0.15, 0.2) is 0 Å². The summed E-state index contributed by atoms with van der Waals surface area (Å²) in [6.07, 6.45) is 0. The molecule has 0 amide bonds. The van der Waals surface area contributed by atoms with E-state index in [4.69, 9.17) is 0 Å². The maximum absolute atomic E-state index is 9.73. The quantitative estimate of drug-likeness (QED) is 0.869. The summed E-state index contributed by atoms with van der Waals surface area (Å²) >= 11 is 0. The summed E-state index contributed by atoms with van der Waals surface area (Å²) < 4.78 is 0. The van der Waals surface area contributed by atoms with E-state index in [1.807, 2.05) is 18.2 Å². The zero-order valence-corrected chi connectivity index (χ0v) is 11.8. The Kier molecular flexibility index (Phi) is 4.23. The number of para-hydroxylation sites is 1. The number of rotatable bonds is 4. The Balaban J connectivity index is 2.03. The van der Waals surface area contributed by atoms with Crippen molar-refractivity contribution in [3.8, 4) is 5.75 Å². The van der Waals surface area contributed by atoms with Crippen molar-refractivity contribution in [3.05, 3.63) is 64.7 Å². The molecule has 0 bridgehead atoms. The number of benzene rings is 2. The molecule has 2 rings (SSSR count). The Hall–Kier alpha value is -1.80. The van der Waals surface area contributed by atoms with Crippen molar-refractivity contribution in [1.29, 1.82) is 0 Å². The predicted octanol–water partition coefficient (Wildman–Crippen LogP) is 3.86. The molecule has 0 aliphatic heterocycles. The van der Waals surface area contributed by atoms with Crippen molar-refractivity contribution in [2.24, 2.45) is 0 Å². The molecule has 1 unspecified atom stereocenters. The highest BCUT2D eigenvalue weighted by atomic mass is 16.3. The molecule has 0 heterocycles. The molecule has 0 spiro atoms. The topological polar surface area (TPSA) is 32.3 Å². The first-order chi connectivity index (χ1) is 9.08. The summed E-state index contributed by atoms with van der Waals surface area (Å²) in [6.45, 7) is 7.07. The van der Waals surface area contributed by atoms with Crippen molar-refractivity contribution in [1.82, 2.24) is 5.32 Å². The number of nitrogens with one attached hydrogen (secondary N) is 1. The highest BCUT2D eigenvalue weighted by Gasteiger charge is 2.07. The lowest BCUT2D eigenvalue weighted by Crippen LogP contribution is -2.18. The lowest BCUT2D eigenvalue weighted by Gasteiger charge is -2.16. The van der Waals surface area contributed by atoms with Gasteiger partial charge in [0.2, 0.25) is 0 Å². The molecule has 0 radical (unpaired) electrons. The molecule has 0 aromatic heterocycles. The Bertz CT molecular complexity index is 563. The van der Waals surface area contributed by atoms with Crippen LogP contribution in [0.3, 0.4) is 0 Å². The van der Waals surface area contributed by atoms with Gasteiger partial charge in [0.25, 0.3) is 0 Å². The van der Waals surface area contributed by atoms with E-state index in [0.29, 0.717) is 12.3 Å².